The van der Waals surface area contributed by atoms with Gasteiger partial charge in [0.15, 0.2) is 0 Å². The van der Waals surface area contributed by atoms with Crippen molar-refractivity contribution in [1.29, 1.82) is 0 Å². The van der Waals surface area contributed by atoms with Crippen LogP contribution in [0.15, 0.2) is 24.3 Å². The van der Waals surface area contributed by atoms with E-state index in [0.29, 0.717) is 5.75 Å². The summed E-state index contributed by atoms with van der Waals surface area (Å²) in [7, 11) is 1.57. The Morgan fingerprint density at radius 3 is 2.53 bits per heavy atom. The van der Waals surface area contributed by atoms with Gasteiger partial charge in [-0.15, -0.1) is 0 Å². The molecular weight excluding hydrogens is 248 g/mol. The summed E-state index contributed by atoms with van der Waals surface area (Å²) in [4.78, 5) is 22.5. The van der Waals surface area contributed by atoms with E-state index in [4.69, 9.17) is 9.84 Å². The summed E-state index contributed by atoms with van der Waals surface area (Å²) in [5, 5.41) is 14.1. The predicted octanol–water partition coefficient (Wildman–Crippen LogP) is 1.14. The lowest BCUT2D eigenvalue weighted by Crippen LogP contribution is -2.40. The van der Waals surface area contributed by atoms with Crippen molar-refractivity contribution in [2.24, 2.45) is 5.92 Å². The lowest BCUT2D eigenvalue weighted by atomic mass is 9.95. The van der Waals surface area contributed by atoms with E-state index >= 15 is 0 Å². The molecule has 0 unspecified atom stereocenters. The van der Waals surface area contributed by atoms with Crippen LogP contribution in [0, 0.1) is 5.92 Å². The number of carbonyl (C=O) groups excluding carboxylic acids is 1. The normalized spacial score (nSPS) is 25.8. The second-order valence-corrected chi connectivity index (χ2v) is 4.52. The molecule has 2 rings (SSSR count). The average Bonchev–Trinajstić information content (AvgIpc) is 2.67. The summed E-state index contributed by atoms with van der Waals surface area (Å²) in [6, 6.07) is 6.37. The molecule has 0 aromatic heterocycles. The third-order valence-corrected chi connectivity index (χ3v) is 3.37. The van der Waals surface area contributed by atoms with Gasteiger partial charge < -0.3 is 20.5 Å². The summed E-state index contributed by atoms with van der Waals surface area (Å²) < 4.78 is 5.07. The van der Waals surface area contributed by atoms with Crippen LogP contribution in [0.3, 0.4) is 0 Å². The lowest BCUT2D eigenvalue weighted by molar-refractivity contribution is -0.122. The SMILES string of the molecule is COc1ccc([C@H]2NC(=O)[C@@H](C)[C@@H]2NC(=O)O)cc1. The molecule has 1 aromatic carbocycles. The number of rotatable bonds is 3. The zero-order valence-corrected chi connectivity index (χ0v) is 10.7. The van der Waals surface area contributed by atoms with Crippen molar-refractivity contribution in [3.63, 3.8) is 0 Å². The highest BCUT2D eigenvalue weighted by Crippen LogP contribution is 2.29. The molecule has 0 bridgehead atoms. The van der Waals surface area contributed by atoms with Crippen molar-refractivity contribution in [2.75, 3.05) is 7.11 Å². The topological polar surface area (TPSA) is 87.7 Å². The minimum Gasteiger partial charge on any atom is -0.497 e. The molecule has 2 amide bonds. The van der Waals surface area contributed by atoms with E-state index in [9.17, 15) is 9.59 Å². The van der Waals surface area contributed by atoms with Crippen molar-refractivity contribution >= 4 is 12.0 Å². The van der Waals surface area contributed by atoms with E-state index in [0.717, 1.165) is 5.56 Å². The average molecular weight is 264 g/mol. The lowest BCUT2D eigenvalue weighted by Gasteiger charge is -2.21. The van der Waals surface area contributed by atoms with Gasteiger partial charge in [-0.2, -0.15) is 0 Å². The van der Waals surface area contributed by atoms with Crippen LogP contribution in [0.5, 0.6) is 5.75 Å². The Morgan fingerprint density at radius 2 is 2.00 bits per heavy atom. The molecule has 1 aromatic rings. The van der Waals surface area contributed by atoms with E-state index in [2.05, 4.69) is 10.6 Å². The molecule has 1 aliphatic rings. The highest BCUT2D eigenvalue weighted by molar-refractivity contribution is 5.83. The molecule has 3 atom stereocenters. The fraction of sp³-hybridized carbons (Fsp3) is 0.385. The number of benzene rings is 1. The number of methoxy groups -OCH3 is 1. The second kappa shape index (κ2) is 5.17. The van der Waals surface area contributed by atoms with Crippen LogP contribution in [0.25, 0.3) is 0 Å². The van der Waals surface area contributed by atoms with Crippen molar-refractivity contribution in [1.82, 2.24) is 10.6 Å². The van der Waals surface area contributed by atoms with Gasteiger partial charge >= 0.3 is 6.09 Å². The molecule has 1 fully saturated rings. The van der Waals surface area contributed by atoms with Gasteiger partial charge in [0.25, 0.3) is 0 Å². The standard InChI is InChI=1S/C13H16N2O4/c1-7-10(15-13(17)18)11(14-12(7)16)8-3-5-9(19-2)6-4-8/h3-7,10-11,15H,1-2H3,(H,14,16)(H,17,18)/t7-,10-,11+/m0/s1. The van der Waals surface area contributed by atoms with Crippen LogP contribution in [-0.4, -0.2) is 30.3 Å². The van der Waals surface area contributed by atoms with E-state index in [1.807, 2.05) is 12.1 Å². The molecule has 19 heavy (non-hydrogen) atoms. The van der Waals surface area contributed by atoms with E-state index < -0.39 is 18.1 Å². The third-order valence-electron chi connectivity index (χ3n) is 3.37. The Morgan fingerprint density at radius 1 is 1.37 bits per heavy atom. The quantitative estimate of drug-likeness (QED) is 0.764. The molecule has 1 heterocycles. The zero-order valence-electron chi connectivity index (χ0n) is 10.7. The molecule has 102 valence electrons. The first kappa shape index (κ1) is 13.2. The summed E-state index contributed by atoms with van der Waals surface area (Å²) >= 11 is 0. The van der Waals surface area contributed by atoms with Gasteiger partial charge in [0.05, 0.1) is 25.1 Å². The summed E-state index contributed by atoms with van der Waals surface area (Å²) in [6.07, 6.45) is -1.13. The van der Waals surface area contributed by atoms with Crippen LogP contribution in [-0.2, 0) is 4.79 Å². The van der Waals surface area contributed by atoms with Crippen molar-refractivity contribution in [3.05, 3.63) is 29.8 Å². The monoisotopic (exact) mass is 264 g/mol. The number of hydrogen-bond donors (Lipinski definition) is 3. The molecule has 0 saturated carbocycles. The van der Waals surface area contributed by atoms with Crippen LogP contribution in [0.4, 0.5) is 4.79 Å². The van der Waals surface area contributed by atoms with Gasteiger partial charge in [-0.3, -0.25) is 4.79 Å². The van der Waals surface area contributed by atoms with Gasteiger partial charge in [-0.05, 0) is 17.7 Å². The first-order valence-corrected chi connectivity index (χ1v) is 5.96. The van der Waals surface area contributed by atoms with Crippen LogP contribution >= 0.6 is 0 Å². The highest BCUT2D eigenvalue weighted by atomic mass is 16.5. The predicted molar refractivity (Wildman–Crippen MR) is 68.0 cm³/mol. The molecule has 1 aliphatic heterocycles. The van der Waals surface area contributed by atoms with Crippen molar-refractivity contribution < 1.29 is 19.4 Å². The Balaban J connectivity index is 2.24. The summed E-state index contributed by atoms with van der Waals surface area (Å²) in [6.45, 7) is 1.71. The van der Waals surface area contributed by atoms with Crippen LogP contribution in [0.2, 0.25) is 0 Å². The minimum absolute atomic E-state index is 0.153. The Labute approximate surface area is 110 Å². The Hall–Kier alpha value is -2.24. The first-order valence-electron chi connectivity index (χ1n) is 5.96. The van der Waals surface area contributed by atoms with E-state index in [-0.39, 0.29) is 11.9 Å². The van der Waals surface area contributed by atoms with Gasteiger partial charge in [0, 0.05) is 0 Å². The largest absolute Gasteiger partial charge is 0.497 e. The van der Waals surface area contributed by atoms with E-state index in [1.165, 1.54) is 0 Å². The molecule has 0 radical (unpaired) electrons. The van der Waals surface area contributed by atoms with Crippen LogP contribution < -0.4 is 15.4 Å². The summed E-state index contributed by atoms with van der Waals surface area (Å²) in [5.74, 6) is 0.159. The van der Waals surface area contributed by atoms with Gasteiger partial charge in [-0.25, -0.2) is 4.79 Å². The number of carboxylic acid groups (broad SMARTS) is 1. The molecular formula is C13H16N2O4. The fourth-order valence-corrected chi connectivity index (χ4v) is 2.28. The first-order chi connectivity index (χ1) is 9.02. The number of nitrogens with one attached hydrogen (secondary N) is 2. The second-order valence-electron chi connectivity index (χ2n) is 4.52. The van der Waals surface area contributed by atoms with Gasteiger partial charge in [0.2, 0.25) is 5.91 Å². The fourth-order valence-electron chi connectivity index (χ4n) is 2.28. The molecule has 0 spiro atoms. The van der Waals surface area contributed by atoms with Crippen molar-refractivity contribution in [3.8, 4) is 5.75 Å². The number of ether oxygens (including phenoxy) is 1. The number of hydrogen-bond acceptors (Lipinski definition) is 3. The number of amides is 2. The highest BCUT2D eigenvalue weighted by Gasteiger charge is 2.41. The molecule has 6 heteroatoms. The smallest absolute Gasteiger partial charge is 0.404 e. The molecule has 1 saturated heterocycles. The third kappa shape index (κ3) is 2.62. The zero-order chi connectivity index (χ0) is 14.0. The number of carbonyl (C=O) groups is 2. The maximum atomic E-state index is 11.7. The van der Waals surface area contributed by atoms with Gasteiger partial charge in [-0.1, -0.05) is 19.1 Å². The Kier molecular flexibility index (Phi) is 3.59. The van der Waals surface area contributed by atoms with Gasteiger partial charge in [0.1, 0.15) is 5.75 Å². The summed E-state index contributed by atoms with van der Waals surface area (Å²) in [5.41, 5.74) is 0.845. The van der Waals surface area contributed by atoms with Crippen molar-refractivity contribution in [2.45, 2.75) is 19.0 Å². The minimum atomic E-state index is -1.13. The maximum absolute atomic E-state index is 11.7. The molecule has 0 aliphatic carbocycles. The molecule has 6 nitrogen and oxygen atoms in total. The maximum Gasteiger partial charge on any atom is 0.404 e. The molecule has 3 N–H and O–H groups in total. The van der Waals surface area contributed by atoms with E-state index in [1.54, 1.807) is 26.2 Å². The van der Waals surface area contributed by atoms with Crippen LogP contribution in [0.1, 0.15) is 18.5 Å². The Bertz CT molecular complexity index is 486.